The third-order valence-electron chi connectivity index (χ3n) is 5.74. The highest BCUT2D eigenvalue weighted by atomic mass is 19.4. The van der Waals surface area contributed by atoms with Gasteiger partial charge in [-0.25, -0.2) is 9.18 Å². The predicted molar refractivity (Wildman–Crippen MR) is 115 cm³/mol. The zero-order chi connectivity index (χ0) is 24.6. The Kier molecular flexibility index (Phi) is 6.48. The van der Waals surface area contributed by atoms with Crippen LogP contribution in [0.25, 0.3) is 10.9 Å². The maximum Gasteiger partial charge on any atom is 0.417 e. The molecule has 1 atom stereocenters. The Morgan fingerprint density at radius 1 is 1.06 bits per heavy atom. The number of nitrogens with one attached hydrogen (secondary N) is 1. The van der Waals surface area contributed by atoms with Crippen molar-refractivity contribution in [1.29, 1.82) is 0 Å². The highest BCUT2D eigenvalue weighted by Gasteiger charge is 2.56. The number of halogens is 4. The number of ether oxygens (including phenoxy) is 2. The average molecular weight is 467 g/mol. The van der Waals surface area contributed by atoms with Gasteiger partial charge < -0.3 is 19.6 Å². The number of hydrogen-bond acceptors (Lipinski definition) is 4. The number of H-pyrrole nitrogens is 1. The lowest BCUT2D eigenvalue weighted by Crippen LogP contribution is -2.51. The third-order valence-corrected chi connectivity index (χ3v) is 5.74. The normalized spacial score (nSPS) is 14.2. The average Bonchev–Trinajstić information content (AvgIpc) is 3.12. The molecule has 0 aliphatic heterocycles. The molecule has 1 aromatic heterocycles. The zero-order valence-corrected chi connectivity index (χ0v) is 18.6. The second kappa shape index (κ2) is 8.70. The Morgan fingerprint density at radius 2 is 1.76 bits per heavy atom. The van der Waals surface area contributed by atoms with Crippen molar-refractivity contribution in [1.82, 2.24) is 4.98 Å². The summed E-state index contributed by atoms with van der Waals surface area (Å²) in [5, 5.41) is 11.4. The highest BCUT2D eigenvalue weighted by molar-refractivity contribution is 5.94. The number of esters is 1. The summed E-state index contributed by atoms with van der Waals surface area (Å²) < 4.78 is 65.8. The molecular formula is C24H25F4NO4. The van der Waals surface area contributed by atoms with E-state index in [9.17, 15) is 27.5 Å². The van der Waals surface area contributed by atoms with E-state index >= 15 is 0 Å². The minimum Gasteiger partial charge on any atom is -0.496 e. The summed E-state index contributed by atoms with van der Waals surface area (Å²) in [6, 6.07) is 9.62. The lowest BCUT2D eigenvalue weighted by atomic mass is 9.73. The van der Waals surface area contributed by atoms with Crippen LogP contribution in [0.3, 0.4) is 0 Å². The van der Waals surface area contributed by atoms with E-state index in [0.717, 1.165) is 12.1 Å². The lowest BCUT2D eigenvalue weighted by Gasteiger charge is -2.38. The summed E-state index contributed by atoms with van der Waals surface area (Å²) >= 11 is 0. The van der Waals surface area contributed by atoms with E-state index in [2.05, 4.69) is 9.72 Å². The summed E-state index contributed by atoms with van der Waals surface area (Å²) in [6.45, 7) is 3.07. The van der Waals surface area contributed by atoms with Crippen LogP contribution in [-0.2, 0) is 16.6 Å². The largest absolute Gasteiger partial charge is 0.496 e. The number of methoxy groups -OCH3 is 2. The number of fused-ring (bicyclic) bond motifs is 1. The fraction of sp³-hybridized carbons (Fsp3) is 0.375. The lowest BCUT2D eigenvalue weighted by molar-refractivity contribution is -0.266. The number of benzene rings is 2. The van der Waals surface area contributed by atoms with Crippen LogP contribution in [0.15, 0.2) is 42.5 Å². The summed E-state index contributed by atoms with van der Waals surface area (Å²) in [4.78, 5) is 14.6. The molecule has 1 heterocycles. The summed E-state index contributed by atoms with van der Waals surface area (Å²) in [7, 11) is 2.54. The van der Waals surface area contributed by atoms with Gasteiger partial charge in [-0.1, -0.05) is 19.9 Å². The monoisotopic (exact) mass is 467 g/mol. The molecule has 0 radical (unpaired) electrons. The fourth-order valence-electron chi connectivity index (χ4n) is 4.16. The smallest absolute Gasteiger partial charge is 0.417 e. The van der Waals surface area contributed by atoms with Crippen molar-refractivity contribution in [3.63, 3.8) is 0 Å². The van der Waals surface area contributed by atoms with Crippen LogP contribution in [0.2, 0.25) is 0 Å². The van der Waals surface area contributed by atoms with Gasteiger partial charge >= 0.3 is 12.1 Å². The first-order valence-corrected chi connectivity index (χ1v) is 10.1. The van der Waals surface area contributed by atoms with Crippen molar-refractivity contribution in [2.24, 2.45) is 0 Å². The molecule has 0 aliphatic rings. The molecule has 3 aromatic rings. The van der Waals surface area contributed by atoms with Crippen LogP contribution in [0.4, 0.5) is 17.6 Å². The van der Waals surface area contributed by atoms with Crippen LogP contribution < -0.4 is 4.74 Å². The molecule has 9 heteroatoms. The van der Waals surface area contributed by atoms with Gasteiger partial charge in [0.15, 0.2) is 5.60 Å². The van der Waals surface area contributed by atoms with Gasteiger partial charge in [-0.05, 0) is 42.2 Å². The number of aromatic amines is 1. The molecule has 178 valence electrons. The third kappa shape index (κ3) is 4.98. The molecule has 0 aliphatic carbocycles. The minimum absolute atomic E-state index is 0.102. The van der Waals surface area contributed by atoms with Gasteiger partial charge in [-0.3, -0.25) is 0 Å². The molecule has 2 aromatic carbocycles. The van der Waals surface area contributed by atoms with E-state index in [-0.39, 0.29) is 17.0 Å². The molecule has 0 fully saturated rings. The van der Waals surface area contributed by atoms with Crippen molar-refractivity contribution in [3.05, 3.63) is 65.1 Å². The molecule has 5 nitrogen and oxygen atoms in total. The standard InChI is InChI=1S/C24H25F4NO4/c1-22(2,18-7-6-16(25)11-20(18)32-3)13-23(31,24(26,27)28)12-17-10-15-9-14(21(30)33-4)5-8-19(15)29-17/h5-11,29,31H,12-13H2,1-4H3. The van der Waals surface area contributed by atoms with Gasteiger partial charge in [0.2, 0.25) is 0 Å². The van der Waals surface area contributed by atoms with Crippen LogP contribution >= 0.6 is 0 Å². The van der Waals surface area contributed by atoms with Gasteiger partial charge in [0.05, 0.1) is 19.8 Å². The van der Waals surface area contributed by atoms with E-state index in [1.807, 2.05) is 0 Å². The molecule has 0 saturated heterocycles. The van der Waals surface area contributed by atoms with Crippen LogP contribution in [0.1, 0.15) is 41.9 Å². The quantitative estimate of drug-likeness (QED) is 0.365. The molecule has 0 bridgehead atoms. The van der Waals surface area contributed by atoms with E-state index in [1.165, 1.54) is 52.3 Å². The number of carbonyl (C=O) groups is 1. The number of aromatic nitrogens is 1. The predicted octanol–water partition coefficient (Wildman–Crippen LogP) is 5.31. The Labute approximate surface area is 188 Å². The van der Waals surface area contributed by atoms with Gasteiger partial charge in [-0.2, -0.15) is 13.2 Å². The number of aliphatic hydroxyl groups is 1. The van der Waals surface area contributed by atoms with Crippen molar-refractivity contribution in [2.45, 2.75) is 43.9 Å². The topological polar surface area (TPSA) is 71.6 Å². The second-order valence-corrected chi connectivity index (χ2v) is 8.70. The molecule has 33 heavy (non-hydrogen) atoms. The zero-order valence-electron chi connectivity index (χ0n) is 18.6. The fourth-order valence-corrected chi connectivity index (χ4v) is 4.16. The van der Waals surface area contributed by atoms with Crippen molar-refractivity contribution < 1.29 is 36.9 Å². The molecular weight excluding hydrogens is 442 g/mol. The Hall–Kier alpha value is -3.07. The van der Waals surface area contributed by atoms with Gasteiger partial charge in [0, 0.05) is 34.6 Å². The van der Waals surface area contributed by atoms with Crippen LogP contribution in [0.5, 0.6) is 5.75 Å². The summed E-state index contributed by atoms with van der Waals surface area (Å²) in [5.41, 5.74) is -3.05. The van der Waals surface area contributed by atoms with E-state index in [0.29, 0.717) is 16.5 Å². The number of alkyl halides is 3. The summed E-state index contributed by atoms with van der Waals surface area (Å²) in [6.07, 6.45) is -6.40. The first kappa shape index (κ1) is 24.6. The van der Waals surface area contributed by atoms with Crippen molar-refractivity contribution in [2.75, 3.05) is 14.2 Å². The molecule has 3 rings (SSSR count). The first-order chi connectivity index (χ1) is 15.3. The molecule has 0 spiro atoms. The van der Waals surface area contributed by atoms with E-state index in [4.69, 9.17) is 4.74 Å². The Bertz CT molecular complexity index is 1170. The number of rotatable bonds is 7. The summed E-state index contributed by atoms with van der Waals surface area (Å²) in [5.74, 6) is -1.05. The molecule has 0 amide bonds. The molecule has 2 N–H and O–H groups in total. The van der Waals surface area contributed by atoms with E-state index < -0.39 is 41.8 Å². The van der Waals surface area contributed by atoms with E-state index in [1.54, 1.807) is 6.07 Å². The SMILES string of the molecule is COC(=O)c1ccc2[nH]c(CC(O)(CC(C)(C)c3ccc(F)cc3OC)C(F)(F)F)cc2c1. The highest BCUT2D eigenvalue weighted by Crippen LogP contribution is 2.45. The molecule has 0 saturated carbocycles. The van der Waals surface area contributed by atoms with Crippen LogP contribution in [0, 0.1) is 5.82 Å². The Balaban J connectivity index is 1.97. The minimum atomic E-state index is -4.95. The maximum absolute atomic E-state index is 14.1. The van der Waals surface area contributed by atoms with Crippen LogP contribution in [-0.4, -0.2) is 42.1 Å². The maximum atomic E-state index is 14.1. The molecule has 1 unspecified atom stereocenters. The number of hydrogen-bond donors (Lipinski definition) is 2. The van der Waals surface area contributed by atoms with Gasteiger partial charge in [0.1, 0.15) is 11.6 Å². The second-order valence-electron chi connectivity index (χ2n) is 8.70. The van der Waals surface area contributed by atoms with Crippen molar-refractivity contribution in [3.8, 4) is 5.75 Å². The van der Waals surface area contributed by atoms with Gasteiger partial charge in [-0.15, -0.1) is 0 Å². The number of carbonyl (C=O) groups excluding carboxylic acids is 1. The van der Waals surface area contributed by atoms with Gasteiger partial charge in [0.25, 0.3) is 0 Å². The van der Waals surface area contributed by atoms with Crippen molar-refractivity contribution >= 4 is 16.9 Å². The first-order valence-electron chi connectivity index (χ1n) is 10.1. The Morgan fingerprint density at radius 3 is 2.36 bits per heavy atom.